The number of aromatic nitrogens is 1. The Morgan fingerprint density at radius 1 is 1.20 bits per heavy atom. The lowest BCUT2D eigenvalue weighted by molar-refractivity contribution is -0.385. The van der Waals surface area contributed by atoms with E-state index in [1.165, 1.54) is 36.4 Å². The van der Waals surface area contributed by atoms with Crippen LogP contribution in [0, 0.1) is 10.1 Å². The molecular weight excluding hydrogens is 272 g/mol. The van der Waals surface area contributed by atoms with Crippen molar-refractivity contribution in [3.05, 3.63) is 52.7 Å². The van der Waals surface area contributed by atoms with Crippen LogP contribution in [0.4, 0.5) is 26.0 Å². The highest BCUT2D eigenvalue weighted by molar-refractivity contribution is 5.57. The van der Waals surface area contributed by atoms with Gasteiger partial charge in [-0.05, 0) is 30.3 Å². The van der Waals surface area contributed by atoms with E-state index in [0.29, 0.717) is 11.5 Å². The number of nitro groups is 1. The monoisotopic (exact) mass is 281 g/mol. The van der Waals surface area contributed by atoms with Crippen LogP contribution in [-0.2, 0) is 0 Å². The minimum Gasteiger partial charge on any atom is -0.435 e. The fourth-order valence-corrected chi connectivity index (χ4v) is 1.44. The smallest absolute Gasteiger partial charge is 0.387 e. The van der Waals surface area contributed by atoms with Gasteiger partial charge in [0, 0.05) is 11.8 Å². The number of hydrogen-bond acceptors (Lipinski definition) is 5. The Morgan fingerprint density at radius 3 is 2.40 bits per heavy atom. The number of halogens is 2. The molecule has 0 bridgehead atoms. The average Bonchev–Trinajstić information content (AvgIpc) is 2.41. The molecule has 1 N–H and O–H groups in total. The van der Waals surface area contributed by atoms with Gasteiger partial charge in [0.1, 0.15) is 17.8 Å². The highest BCUT2D eigenvalue weighted by atomic mass is 19.3. The molecule has 8 heteroatoms. The molecule has 0 saturated heterocycles. The van der Waals surface area contributed by atoms with Gasteiger partial charge >= 0.3 is 6.61 Å². The molecule has 6 nitrogen and oxygen atoms in total. The van der Waals surface area contributed by atoms with Crippen molar-refractivity contribution in [2.24, 2.45) is 0 Å². The highest BCUT2D eigenvalue weighted by Crippen LogP contribution is 2.21. The SMILES string of the molecule is O=[N+]([O-])c1ccc(Nc2ccc(OC(F)F)cc2)nc1. The van der Waals surface area contributed by atoms with Crippen molar-refractivity contribution in [2.75, 3.05) is 5.32 Å². The average molecular weight is 281 g/mol. The molecule has 0 aliphatic rings. The molecule has 1 aromatic carbocycles. The van der Waals surface area contributed by atoms with Gasteiger partial charge in [0.15, 0.2) is 0 Å². The first-order valence-corrected chi connectivity index (χ1v) is 5.47. The van der Waals surface area contributed by atoms with E-state index in [0.717, 1.165) is 6.20 Å². The predicted molar refractivity (Wildman–Crippen MR) is 67.2 cm³/mol. The number of nitrogens with one attached hydrogen (secondary N) is 1. The molecule has 1 aromatic heterocycles. The molecule has 0 fully saturated rings. The number of pyridine rings is 1. The van der Waals surface area contributed by atoms with Gasteiger partial charge < -0.3 is 10.1 Å². The summed E-state index contributed by atoms with van der Waals surface area (Å²) in [5, 5.41) is 13.3. The summed E-state index contributed by atoms with van der Waals surface area (Å²) in [5.74, 6) is 0.445. The minimum absolute atomic E-state index is 0.0437. The van der Waals surface area contributed by atoms with Crippen molar-refractivity contribution in [3.8, 4) is 5.75 Å². The second kappa shape index (κ2) is 5.91. The summed E-state index contributed by atoms with van der Waals surface area (Å²) in [6, 6.07) is 8.56. The molecule has 0 aliphatic carbocycles. The number of benzene rings is 1. The van der Waals surface area contributed by atoms with Crippen LogP contribution in [0.1, 0.15) is 0 Å². The Kier molecular flexibility index (Phi) is 4.04. The Morgan fingerprint density at radius 2 is 1.90 bits per heavy atom. The quantitative estimate of drug-likeness (QED) is 0.671. The number of rotatable bonds is 5. The summed E-state index contributed by atoms with van der Waals surface area (Å²) in [7, 11) is 0. The molecule has 2 aromatic rings. The third-order valence-corrected chi connectivity index (χ3v) is 2.31. The van der Waals surface area contributed by atoms with Gasteiger partial charge in [0.2, 0.25) is 0 Å². The van der Waals surface area contributed by atoms with Gasteiger partial charge in [-0.15, -0.1) is 0 Å². The van der Waals surface area contributed by atoms with Gasteiger partial charge in [-0.1, -0.05) is 0 Å². The Hall–Kier alpha value is -2.77. The highest BCUT2D eigenvalue weighted by Gasteiger charge is 2.06. The second-order valence-electron chi connectivity index (χ2n) is 3.69. The Bertz CT molecular complexity index is 588. The Labute approximate surface area is 112 Å². The zero-order valence-electron chi connectivity index (χ0n) is 9.99. The van der Waals surface area contributed by atoms with Crippen molar-refractivity contribution in [3.63, 3.8) is 0 Å². The van der Waals surface area contributed by atoms with Crippen LogP contribution in [0.15, 0.2) is 42.6 Å². The minimum atomic E-state index is -2.87. The zero-order chi connectivity index (χ0) is 14.5. The van der Waals surface area contributed by atoms with Crippen molar-refractivity contribution < 1.29 is 18.4 Å². The van der Waals surface area contributed by atoms with Gasteiger partial charge in [-0.25, -0.2) is 4.98 Å². The lowest BCUT2D eigenvalue weighted by Gasteiger charge is -2.07. The van der Waals surface area contributed by atoms with E-state index in [2.05, 4.69) is 15.0 Å². The van der Waals surface area contributed by atoms with E-state index >= 15 is 0 Å². The normalized spacial score (nSPS) is 10.3. The Balaban J connectivity index is 2.04. The maximum atomic E-state index is 12.0. The first-order chi connectivity index (χ1) is 9.54. The maximum absolute atomic E-state index is 12.0. The number of nitrogens with zero attached hydrogens (tertiary/aromatic N) is 2. The molecule has 0 atom stereocenters. The molecule has 0 amide bonds. The number of anilines is 2. The lowest BCUT2D eigenvalue weighted by Crippen LogP contribution is -2.01. The molecule has 104 valence electrons. The summed E-state index contributed by atoms with van der Waals surface area (Å²) in [6.07, 6.45) is 1.12. The molecule has 1 heterocycles. The van der Waals surface area contributed by atoms with Gasteiger partial charge in [0.25, 0.3) is 5.69 Å². The maximum Gasteiger partial charge on any atom is 0.387 e. The van der Waals surface area contributed by atoms with Crippen LogP contribution >= 0.6 is 0 Å². The van der Waals surface area contributed by atoms with E-state index in [9.17, 15) is 18.9 Å². The third-order valence-electron chi connectivity index (χ3n) is 2.31. The summed E-state index contributed by atoms with van der Waals surface area (Å²) in [5.41, 5.74) is 0.476. The van der Waals surface area contributed by atoms with E-state index in [-0.39, 0.29) is 11.4 Å². The summed E-state index contributed by atoms with van der Waals surface area (Å²) in [4.78, 5) is 13.8. The van der Waals surface area contributed by atoms with Crippen molar-refractivity contribution in [1.29, 1.82) is 0 Å². The summed E-state index contributed by atoms with van der Waals surface area (Å²) < 4.78 is 28.1. The molecule has 0 radical (unpaired) electrons. The van der Waals surface area contributed by atoms with Crippen molar-refractivity contribution >= 4 is 17.2 Å². The van der Waals surface area contributed by atoms with Crippen LogP contribution in [0.25, 0.3) is 0 Å². The predicted octanol–water partition coefficient (Wildman–Crippen LogP) is 3.33. The molecule has 0 spiro atoms. The van der Waals surface area contributed by atoms with Crippen LogP contribution < -0.4 is 10.1 Å². The van der Waals surface area contributed by atoms with E-state index < -0.39 is 11.5 Å². The zero-order valence-corrected chi connectivity index (χ0v) is 9.99. The topological polar surface area (TPSA) is 77.3 Å². The molecule has 2 rings (SSSR count). The first kappa shape index (κ1) is 13.7. The molecule has 0 unspecified atom stereocenters. The van der Waals surface area contributed by atoms with Crippen LogP contribution in [0.2, 0.25) is 0 Å². The number of ether oxygens (including phenoxy) is 1. The van der Waals surface area contributed by atoms with Gasteiger partial charge in [-0.2, -0.15) is 8.78 Å². The molecule has 0 aliphatic heterocycles. The molecule has 20 heavy (non-hydrogen) atoms. The van der Waals surface area contributed by atoms with Gasteiger partial charge in [0.05, 0.1) is 4.92 Å². The molecular formula is C12H9F2N3O3. The van der Waals surface area contributed by atoms with Crippen LogP contribution in [-0.4, -0.2) is 16.5 Å². The van der Waals surface area contributed by atoms with Crippen LogP contribution in [0.3, 0.4) is 0 Å². The first-order valence-electron chi connectivity index (χ1n) is 5.47. The lowest BCUT2D eigenvalue weighted by atomic mass is 10.3. The van der Waals surface area contributed by atoms with E-state index in [4.69, 9.17) is 0 Å². The largest absolute Gasteiger partial charge is 0.435 e. The fraction of sp³-hybridized carbons (Fsp3) is 0.0833. The number of hydrogen-bond donors (Lipinski definition) is 1. The summed E-state index contributed by atoms with van der Waals surface area (Å²) >= 11 is 0. The van der Waals surface area contributed by atoms with E-state index in [1.807, 2.05) is 0 Å². The molecule has 0 saturated carbocycles. The second-order valence-corrected chi connectivity index (χ2v) is 3.69. The summed E-state index contributed by atoms with van der Waals surface area (Å²) in [6.45, 7) is -2.87. The standard InChI is InChI=1S/C12H9F2N3O3/c13-12(14)20-10-4-1-8(2-5-10)16-11-6-3-9(7-15-11)17(18)19/h1-7,12H,(H,15,16). The van der Waals surface area contributed by atoms with Crippen molar-refractivity contribution in [1.82, 2.24) is 4.98 Å². The van der Waals surface area contributed by atoms with Gasteiger partial charge in [-0.3, -0.25) is 10.1 Å². The van der Waals surface area contributed by atoms with Crippen LogP contribution in [0.5, 0.6) is 5.75 Å². The van der Waals surface area contributed by atoms with E-state index in [1.54, 1.807) is 0 Å². The fourth-order valence-electron chi connectivity index (χ4n) is 1.44. The number of alkyl halides is 2. The third kappa shape index (κ3) is 3.61. The van der Waals surface area contributed by atoms with Crippen molar-refractivity contribution in [2.45, 2.75) is 6.61 Å².